The Kier molecular flexibility index (Phi) is 5.42. The van der Waals surface area contributed by atoms with Crippen molar-refractivity contribution in [2.45, 2.75) is 31.2 Å². The molecule has 4 rings (SSSR count). The van der Waals surface area contributed by atoms with E-state index in [4.69, 9.17) is 23.2 Å². The Hall–Kier alpha value is -2.28. The number of aryl methyl sites for hydroxylation is 2. The van der Waals surface area contributed by atoms with Gasteiger partial charge in [0.1, 0.15) is 0 Å². The lowest BCUT2D eigenvalue weighted by molar-refractivity contribution is -0.115. The number of rotatable bonds is 4. The van der Waals surface area contributed by atoms with E-state index in [1.807, 2.05) is 23.5 Å². The van der Waals surface area contributed by atoms with Gasteiger partial charge in [-0.3, -0.25) is 9.20 Å². The second-order valence-corrected chi connectivity index (χ2v) is 9.00. The second-order valence-electron chi connectivity index (χ2n) is 6.85. The Morgan fingerprint density at radius 1 is 1.10 bits per heavy atom. The van der Waals surface area contributed by atoms with Crippen molar-refractivity contribution in [3.05, 3.63) is 63.6 Å². The van der Waals surface area contributed by atoms with Crippen molar-refractivity contribution in [1.29, 1.82) is 0 Å². The molecule has 1 amide bonds. The van der Waals surface area contributed by atoms with Crippen molar-refractivity contribution in [2.75, 3.05) is 5.32 Å². The number of benzene rings is 2. The molecule has 4 aromatic rings. The van der Waals surface area contributed by atoms with Gasteiger partial charge in [0.25, 0.3) is 0 Å². The minimum atomic E-state index is -0.419. The van der Waals surface area contributed by atoms with Gasteiger partial charge < -0.3 is 5.32 Å². The summed E-state index contributed by atoms with van der Waals surface area (Å²) in [6, 6.07) is 13.2. The van der Waals surface area contributed by atoms with E-state index in [0.29, 0.717) is 20.9 Å². The van der Waals surface area contributed by atoms with E-state index in [-0.39, 0.29) is 5.91 Å². The summed E-state index contributed by atoms with van der Waals surface area (Å²) in [6.45, 7) is 5.95. The summed E-state index contributed by atoms with van der Waals surface area (Å²) in [4.78, 5) is 12.7. The first-order valence-corrected chi connectivity index (χ1v) is 10.7. The average molecular weight is 445 g/mol. The molecular weight excluding hydrogens is 427 g/mol. The number of carbonyl (C=O) groups is 1. The summed E-state index contributed by atoms with van der Waals surface area (Å²) in [7, 11) is 0. The molecule has 0 radical (unpaired) electrons. The number of hydrogen-bond acceptors (Lipinski definition) is 4. The van der Waals surface area contributed by atoms with Gasteiger partial charge in [-0.1, -0.05) is 53.2 Å². The molecule has 0 saturated heterocycles. The minimum Gasteiger partial charge on any atom is -0.324 e. The van der Waals surface area contributed by atoms with Gasteiger partial charge in [0.15, 0.2) is 10.8 Å². The first-order chi connectivity index (χ1) is 13.8. The highest BCUT2D eigenvalue weighted by atomic mass is 35.5. The van der Waals surface area contributed by atoms with Crippen LogP contribution in [0, 0.1) is 13.8 Å². The largest absolute Gasteiger partial charge is 0.324 e. The SMILES string of the molecule is Cc1cc2nnc(SC(C)C(=O)Nc3cc(Cl)ccc3Cl)n2c2c(C)cccc12. The fourth-order valence-corrected chi connectivity index (χ4v) is 4.44. The molecule has 8 heteroatoms. The lowest BCUT2D eigenvalue weighted by Crippen LogP contribution is -2.23. The molecule has 5 nitrogen and oxygen atoms in total. The van der Waals surface area contributed by atoms with Gasteiger partial charge in [0.2, 0.25) is 5.91 Å². The first kappa shape index (κ1) is 20.0. The first-order valence-electron chi connectivity index (χ1n) is 9.02. The van der Waals surface area contributed by atoms with Gasteiger partial charge >= 0.3 is 0 Å². The van der Waals surface area contributed by atoms with Crippen LogP contribution >= 0.6 is 35.0 Å². The van der Waals surface area contributed by atoms with E-state index >= 15 is 0 Å². The zero-order valence-corrected chi connectivity index (χ0v) is 18.4. The fraction of sp³-hybridized carbons (Fsp3) is 0.190. The van der Waals surface area contributed by atoms with E-state index in [0.717, 1.165) is 27.7 Å². The molecule has 1 atom stereocenters. The Morgan fingerprint density at radius 3 is 2.69 bits per heavy atom. The van der Waals surface area contributed by atoms with Crippen molar-refractivity contribution in [3.8, 4) is 0 Å². The van der Waals surface area contributed by atoms with Gasteiger partial charge in [-0.05, 0) is 56.2 Å². The number of fused-ring (bicyclic) bond motifs is 3. The van der Waals surface area contributed by atoms with Crippen LogP contribution in [0.25, 0.3) is 16.6 Å². The summed E-state index contributed by atoms with van der Waals surface area (Å²) in [6.07, 6.45) is 0. The predicted molar refractivity (Wildman–Crippen MR) is 120 cm³/mol. The number of anilines is 1. The van der Waals surface area contributed by atoms with Crippen molar-refractivity contribution < 1.29 is 4.79 Å². The number of pyridine rings is 1. The third-order valence-electron chi connectivity index (χ3n) is 4.73. The quantitative estimate of drug-likeness (QED) is 0.396. The lowest BCUT2D eigenvalue weighted by atomic mass is 10.1. The van der Waals surface area contributed by atoms with Crippen LogP contribution in [0.3, 0.4) is 0 Å². The maximum atomic E-state index is 12.7. The molecule has 0 aliphatic heterocycles. The van der Waals surface area contributed by atoms with Crippen LogP contribution in [0.1, 0.15) is 18.1 Å². The van der Waals surface area contributed by atoms with Gasteiger partial charge in [-0.15, -0.1) is 10.2 Å². The third-order valence-corrected chi connectivity index (χ3v) is 6.34. The number of para-hydroxylation sites is 1. The highest BCUT2D eigenvalue weighted by molar-refractivity contribution is 8.00. The van der Waals surface area contributed by atoms with Crippen LogP contribution < -0.4 is 5.32 Å². The number of halogens is 2. The van der Waals surface area contributed by atoms with Gasteiger partial charge in [0.05, 0.1) is 21.5 Å². The van der Waals surface area contributed by atoms with Crippen LogP contribution in [0.2, 0.25) is 10.0 Å². The molecule has 1 unspecified atom stereocenters. The van der Waals surface area contributed by atoms with Crippen LogP contribution in [0.15, 0.2) is 47.6 Å². The maximum absolute atomic E-state index is 12.7. The number of hydrogen-bond donors (Lipinski definition) is 1. The summed E-state index contributed by atoms with van der Waals surface area (Å²) < 4.78 is 2.01. The average Bonchev–Trinajstić information content (AvgIpc) is 3.07. The number of carbonyl (C=O) groups excluding carboxylic acids is 1. The monoisotopic (exact) mass is 444 g/mol. The van der Waals surface area contributed by atoms with E-state index in [1.54, 1.807) is 18.2 Å². The Labute approximate surface area is 182 Å². The molecule has 0 fully saturated rings. The summed E-state index contributed by atoms with van der Waals surface area (Å²) in [5.41, 5.74) is 4.57. The highest BCUT2D eigenvalue weighted by Crippen LogP contribution is 2.31. The zero-order chi connectivity index (χ0) is 20.7. The summed E-state index contributed by atoms with van der Waals surface area (Å²) in [5.74, 6) is -0.191. The molecule has 0 aliphatic carbocycles. The maximum Gasteiger partial charge on any atom is 0.237 e. The zero-order valence-electron chi connectivity index (χ0n) is 16.0. The summed E-state index contributed by atoms with van der Waals surface area (Å²) in [5, 5.41) is 13.8. The molecule has 0 saturated carbocycles. The highest BCUT2D eigenvalue weighted by Gasteiger charge is 2.20. The number of amides is 1. The molecular formula is C21H18Cl2N4OS. The molecule has 2 aromatic carbocycles. The van der Waals surface area contributed by atoms with E-state index < -0.39 is 5.25 Å². The van der Waals surface area contributed by atoms with Crippen molar-refractivity contribution in [2.24, 2.45) is 0 Å². The van der Waals surface area contributed by atoms with E-state index in [1.165, 1.54) is 11.8 Å². The number of thioether (sulfide) groups is 1. The number of nitrogens with zero attached hydrogens (tertiary/aromatic N) is 3. The van der Waals surface area contributed by atoms with Crippen LogP contribution in [-0.2, 0) is 4.79 Å². The minimum absolute atomic E-state index is 0.191. The molecule has 0 aliphatic rings. The molecule has 29 heavy (non-hydrogen) atoms. The standard InChI is InChI=1S/C21H18Cl2N4OS/c1-11-5-4-6-15-12(2)9-18-25-26-21(27(18)19(11)15)29-13(3)20(28)24-17-10-14(22)7-8-16(17)23/h4-10,13H,1-3H3,(H,24,28). The normalized spacial score (nSPS) is 12.4. The molecule has 1 N–H and O–H groups in total. The number of aromatic nitrogens is 3. The molecule has 2 heterocycles. The van der Waals surface area contributed by atoms with E-state index in [2.05, 4.69) is 41.5 Å². The molecule has 2 aromatic heterocycles. The van der Waals surface area contributed by atoms with Crippen LogP contribution in [0.5, 0.6) is 0 Å². The Morgan fingerprint density at radius 2 is 1.90 bits per heavy atom. The fourth-order valence-electron chi connectivity index (χ4n) is 3.25. The van der Waals surface area contributed by atoms with Crippen LogP contribution in [-0.4, -0.2) is 25.8 Å². The molecule has 148 valence electrons. The van der Waals surface area contributed by atoms with Crippen molar-refractivity contribution in [3.63, 3.8) is 0 Å². The second kappa shape index (κ2) is 7.86. The van der Waals surface area contributed by atoms with Crippen LogP contribution in [0.4, 0.5) is 5.69 Å². The molecule has 0 bridgehead atoms. The van der Waals surface area contributed by atoms with Gasteiger partial charge in [-0.2, -0.15) is 0 Å². The smallest absolute Gasteiger partial charge is 0.237 e. The Balaban J connectivity index is 1.67. The summed E-state index contributed by atoms with van der Waals surface area (Å²) >= 11 is 13.5. The topological polar surface area (TPSA) is 59.3 Å². The molecule has 0 spiro atoms. The number of nitrogens with one attached hydrogen (secondary N) is 1. The predicted octanol–water partition coefficient (Wildman–Crippen LogP) is 5.93. The van der Waals surface area contributed by atoms with E-state index in [9.17, 15) is 4.79 Å². The third kappa shape index (κ3) is 3.80. The van der Waals surface area contributed by atoms with Gasteiger partial charge in [-0.25, -0.2) is 0 Å². The van der Waals surface area contributed by atoms with Gasteiger partial charge in [0, 0.05) is 10.4 Å². The Bertz CT molecular complexity index is 1250. The lowest BCUT2D eigenvalue weighted by Gasteiger charge is -2.14. The van der Waals surface area contributed by atoms with Crippen molar-refractivity contribution >= 4 is 63.1 Å². The van der Waals surface area contributed by atoms with Crippen molar-refractivity contribution in [1.82, 2.24) is 14.6 Å².